The molecule has 1 aliphatic heterocycles. The Morgan fingerprint density at radius 2 is 2.05 bits per heavy atom. The van der Waals surface area contributed by atoms with Crippen LogP contribution in [0.15, 0.2) is 6.33 Å². The number of aromatic nitrogens is 3. The first-order valence-electron chi connectivity index (χ1n) is 6.05. The second-order valence-corrected chi connectivity index (χ2v) is 5.42. The van der Waals surface area contributed by atoms with Crippen molar-refractivity contribution < 1.29 is 20.1 Å². The summed E-state index contributed by atoms with van der Waals surface area (Å²) in [5, 5.41) is 29.1. The third kappa shape index (κ3) is 2.15. The van der Waals surface area contributed by atoms with E-state index in [9.17, 15) is 10.2 Å². The number of anilines is 1. The standard InChI is InChI=1S/C11H12Cl2N4O4/c12-4-6-5(10(14)16-9(4)13)15-2-17(6)11-8(20)7(19)3(1-18)21-11/h2-3,7-8,11,18-20H,1H2,(H2,14,16)/t3-,7-,8-,11-/m1/s1. The maximum Gasteiger partial charge on any atom is 0.164 e. The van der Waals surface area contributed by atoms with Gasteiger partial charge in [0.25, 0.3) is 0 Å². The minimum absolute atomic E-state index is 0.00448. The van der Waals surface area contributed by atoms with Crippen molar-refractivity contribution in [3.63, 3.8) is 0 Å². The first-order valence-corrected chi connectivity index (χ1v) is 6.80. The van der Waals surface area contributed by atoms with Gasteiger partial charge in [-0.15, -0.1) is 0 Å². The molecule has 3 rings (SSSR count). The van der Waals surface area contributed by atoms with E-state index in [1.165, 1.54) is 10.9 Å². The first kappa shape index (κ1) is 14.8. The molecule has 8 nitrogen and oxygen atoms in total. The summed E-state index contributed by atoms with van der Waals surface area (Å²) in [5.74, 6) is 0.0879. The van der Waals surface area contributed by atoms with E-state index < -0.39 is 31.1 Å². The fraction of sp³-hybridized carbons (Fsp3) is 0.455. The SMILES string of the molecule is Nc1nc(Cl)c(Cl)c2c1ncn2[C@@H]1O[C@H](CO)[C@@H](O)[C@H]1O. The fourth-order valence-electron chi connectivity index (χ4n) is 2.37. The van der Waals surface area contributed by atoms with Crippen LogP contribution in [0.1, 0.15) is 6.23 Å². The van der Waals surface area contributed by atoms with Gasteiger partial charge in [0.2, 0.25) is 0 Å². The van der Waals surface area contributed by atoms with Gasteiger partial charge in [0.05, 0.1) is 18.5 Å². The molecule has 0 saturated carbocycles. The van der Waals surface area contributed by atoms with Crippen LogP contribution in [-0.2, 0) is 4.74 Å². The molecular weight excluding hydrogens is 323 g/mol. The normalized spacial score (nSPS) is 29.4. The smallest absolute Gasteiger partial charge is 0.164 e. The molecular formula is C11H12Cl2N4O4. The highest BCUT2D eigenvalue weighted by atomic mass is 35.5. The van der Waals surface area contributed by atoms with Crippen molar-refractivity contribution in [3.05, 3.63) is 16.5 Å². The van der Waals surface area contributed by atoms with E-state index in [1.54, 1.807) is 0 Å². The lowest BCUT2D eigenvalue weighted by molar-refractivity contribution is -0.0508. The molecule has 3 heterocycles. The minimum atomic E-state index is -1.26. The van der Waals surface area contributed by atoms with Crippen molar-refractivity contribution in [2.45, 2.75) is 24.5 Å². The summed E-state index contributed by atoms with van der Waals surface area (Å²) in [6.45, 7) is -0.431. The van der Waals surface area contributed by atoms with Crippen LogP contribution in [0.4, 0.5) is 5.82 Å². The van der Waals surface area contributed by atoms with Gasteiger partial charge in [0, 0.05) is 0 Å². The number of rotatable bonds is 2. The number of halogens is 2. The zero-order valence-electron chi connectivity index (χ0n) is 10.5. The molecule has 0 aromatic carbocycles. The Morgan fingerprint density at radius 1 is 1.33 bits per heavy atom. The van der Waals surface area contributed by atoms with Crippen molar-refractivity contribution in [3.8, 4) is 0 Å². The molecule has 0 unspecified atom stereocenters. The second-order valence-electron chi connectivity index (χ2n) is 4.68. The molecule has 0 amide bonds. The van der Waals surface area contributed by atoms with Gasteiger partial charge < -0.3 is 25.8 Å². The summed E-state index contributed by atoms with van der Waals surface area (Å²) in [6, 6.07) is 0. The van der Waals surface area contributed by atoms with Gasteiger partial charge in [-0.3, -0.25) is 4.57 Å². The van der Waals surface area contributed by atoms with E-state index in [0.717, 1.165) is 0 Å². The molecule has 2 aromatic rings. The molecule has 0 bridgehead atoms. The van der Waals surface area contributed by atoms with Crippen molar-refractivity contribution in [2.75, 3.05) is 12.3 Å². The van der Waals surface area contributed by atoms with Gasteiger partial charge in [-0.05, 0) is 0 Å². The van der Waals surface area contributed by atoms with Gasteiger partial charge in [-0.1, -0.05) is 23.2 Å². The number of nitrogens with zero attached hydrogens (tertiary/aromatic N) is 3. The highest BCUT2D eigenvalue weighted by Crippen LogP contribution is 2.37. The third-order valence-electron chi connectivity index (χ3n) is 3.44. The van der Waals surface area contributed by atoms with E-state index >= 15 is 0 Å². The van der Waals surface area contributed by atoms with E-state index in [4.69, 9.17) is 38.8 Å². The number of pyridine rings is 1. The van der Waals surface area contributed by atoms with E-state index in [1.807, 2.05) is 0 Å². The summed E-state index contributed by atoms with van der Waals surface area (Å²) >= 11 is 12.0. The van der Waals surface area contributed by atoms with Crippen molar-refractivity contribution >= 4 is 40.1 Å². The van der Waals surface area contributed by atoms with Gasteiger partial charge in [0.15, 0.2) is 17.2 Å². The quantitative estimate of drug-likeness (QED) is 0.566. The molecule has 10 heteroatoms. The van der Waals surface area contributed by atoms with Crippen molar-refractivity contribution in [1.82, 2.24) is 14.5 Å². The lowest BCUT2D eigenvalue weighted by Crippen LogP contribution is -2.33. The number of ether oxygens (including phenoxy) is 1. The van der Waals surface area contributed by atoms with Gasteiger partial charge in [-0.25, -0.2) is 9.97 Å². The Morgan fingerprint density at radius 3 is 2.67 bits per heavy atom. The summed E-state index contributed by atoms with van der Waals surface area (Å²) in [6.07, 6.45) is -3.02. The molecule has 21 heavy (non-hydrogen) atoms. The number of hydrogen-bond acceptors (Lipinski definition) is 7. The zero-order valence-corrected chi connectivity index (χ0v) is 12.0. The molecule has 2 aromatic heterocycles. The Balaban J connectivity index is 2.14. The number of hydrogen-bond donors (Lipinski definition) is 4. The highest BCUT2D eigenvalue weighted by molar-refractivity contribution is 6.44. The van der Waals surface area contributed by atoms with Crippen LogP contribution in [0, 0.1) is 0 Å². The van der Waals surface area contributed by atoms with Gasteiger partial charge >= 0.3 is 0 Å². The number of fused-ring (bicyclic) bond motifs is 1. The number of nitrogens with two attached hydrogens (primary N) is 1. The second kappa shape index (κ2) is 5.24. The Labute approximate surface area is 128 Å². The molecule has 0 aliphatic carbocycles. The largest absolute Gasteiger partial charge is 0.394 e. The molecule has 4 atom stereocenters. The maximum absolute atomic E-state index is 10.1. The summed E-state index contributed by atoms with van der Waals surface area (Å²) in [7, 11) is 0. The molecule has 1 aliphatic rings. The lowest BCUT2D eigenvalue weighted by Gasteiger charge is -2.17. The predicted octanol–water partition coefficient (Wildman–Crippen LogP) is -0.0682. The molecule has 1 saturated heterocycles. The molecule has 5 N–H and O–H groups in total. The highest BCUT2D eigenvalue weighted by Gasteiger charge is 2.44. The monoisotopic (exact) mass is 334 g/mol. The number of imidazole rings is 1. The molecule has 1 fully saturated rings. The topological polar surface area (TPSA) is 127 Å². The predicted molar refractivity (Wildman–Crippen MR) is 75.0 cm³/mol. The number of aliphatic hydroxyl groups excluding tert-OH is 3. The molecule has 0 radical (unpaired) electrons. The summed E-state index contributed by atoms with van der Waals surface area (Å²) < 4.78 is 6.84. The average molecular weight is 335 g/mol. The summed E-state index contributed by atoms with van der Waals surface area (Å²) in [4.78, 5) is 7.92. The first-order chi connectivity index (χ1) is 9.95. The Bertz CT molecular complexity index is 694. The van der Waals surface area contributed by atoms with Gasteiger partial charge in [-0.2, -0.15) is 0 Å². The number of aliphatic hydroxyl groups is 3. The Hall–Kier alpha value is -1.16. The molecule has 114 valence electrons. The minimum Gasteiger partial charge on any atom is -0.394 e. The van der Waals surface area contributed by atoms with Crippen molar-refractivity contribution in [1.29, 1.82) is 0 Å². The Kier molecular flexibility index (Phi) is 3.68. The summed E-state index contributed by atoms with van der Waals surface area (Å²) in [5.41, 5.74) is 6.38. The fourth-order valence-corrected chi connectivity index (χ4v) is 2.78. The van der Waals surface area contributed by atoms with E-state index in [2.05, 4.69) is 9.97 Å². The number of nitrogen functional groups attached to an aromatic ring is 1. The van der Waals surface area contributed by atoms with Crippen LogP contribution in [0.3, 0.4) is 0 Å². The van der Waals surface area contributed by atoms with Crippen LogP contribution < -0.4 is 5.73 Å². The average Bonchev–Trinajstić information content (AvgIpc) is 3.00. The molecule has 0 spiro atoms. The maximum atomic E-state index is 10.1. The third-order valence-corrected chi connectivity index (χ3v) is 4.16. The van der Waals surface area contributed by atoms with Crippen LogP contribution in [0.5, 0.6) is 0 Å². The van der Waals surface area contributed by atoms with Crippen LogP contribution in [0.25, 0.3) is 11.0 Å². The lowest BCUT2D eigenvalue weighted by atomic mass is 10.1. The van der Waals surface area contributed by atoms with Gasteiger partial charge in [0.1, 0.15) is 28.9 Å². The van der Waals surface area contributed by atoms with Crippen LogP contribution in [0.2, 0.25) is 10.2 Å². The van der Waals surface area contributed by atoms with Crippen LogP contribution in [-0.4, -0.2) is 54.8 Å². The van der Waals surface area contributed by atoms with Crippen molar-refractivity contribution in [2.24, 2.45) is 0 Å². The van der Waals surface area contributed by atoms with Crippen LogP contribution >= 0.6 is 23.2 Å². The van der Waals surface area contributed by atoms with E-state index in [-0.39, 0.29) is 16.0 Å². The zero-order chi connectivity index (χ0) is 15.3. The van der Waals surface area contributed by atoms with E-state index in [0.29, 0.717) is 11.0 Å².